The van der Waals surface area contributed by atoms with E-state index in [4.69, 9.17) is 9.47 Å². The molecule has 1 amide bonds. The van der Waals surface area contributed by atoms with Gasteiger partial charge >= 0.3 is 0 Å². The van der Waals surface area contributed by atoms with Crippen LogP contribution in [-0.2, 0) is 11.3 Å². The predicted molar refractivity (Wildman–Crippen MR) is 101 cm³/mol. The number of anilines is 1. The molecule has 1 saturated heterocycles. The van der Waals surface area contributed by atoms with E-state index in [1.165, 1.54) is 18.4 Å². The topological polar surface area (TPSA) is 63.7 Å². The molecule has 3 aliphatic rings. The highest BCUT2D eigenvalue weighted by molar-refractivity contribution is 5.95. The van der Waals surface area contributed by atoms with Crippen LogP contribution in [0.1, 0.15) is 42.7 Å². The van der Waals surface area contributed by atoms with Gasteiger partial charge in [-0.2, -0.15) is 0 Å². The molecule has 1 unspecified atom stereocenters. The number of ether oxygens (including phenoxy) is 2. The van der Waals surface area contributed by atoms with E-state index >= 15 is 0 Å². The number of carbonyl (C=O) groups excluding carboxylic acids is 1. The minimum absolute atomic E-state index is 0.0644. The SMILES string of the molecule is O=C(Nc1ccc(C2CC2)cc1)C1CCCN1Cc1ccnc2c1OCO2. The second-order valence-electron chi connectivity index (χ2n) is 7.52. The highest BCUT2D eigenvalue weighted by Crippen LogP contribution is 2.40. The molecular weight excluding hydrogens is 342 g/mol. The molecule has 2 aliphatic heterocycles. The van der Waals surface area contributed by atoms with Crippen molar-refractivity contribution in [1.29, 1.82) is 0 Å². The number of carbonyl (C=O) groups is 1. The van der Waals surface area contributed by atoms with Crippen LogP contribution in [0.2, 0.25) is 0 Å². The Balaban J connectivity index is 1.26. The molecule has 2 fully saturated rings. The molecule has 27 heavy (non-hydrogen) atoms. The number of rotatable bonds is 5. The molecular formula is C21H23N3O3. The molecule has 5 rings (SSSR count). The summed E-state index contributed by atoms with van der Waals surface area (Å²) in [4.78, 5) is 19.3. The first kappa shape index (κ1) is 16.6. The Kier molecular flexibility index (Phi) is 4.20. The minimum atomic E-state index is -0.126. The molecule has 1 atom stereocenters. The average Bonchev–Trinajstić information content (AvgIpc) is 3.23. The van der Waals surface area contributed by atoms with Crippen LogP contribution < -0.4 is 14.8 Å². The Morgan fingerprint density at radius 1 is 1.15 bits per heavy atom. The lowest BCUT2D eigenvalue weighted by molar-refractivity contribution is -0.120. The van der Waals surface area contributed by atoms with Crippen LogP contribution in [0, 0.1) is 0 Å². The van der Waals surface area contributed by atoms with Gasteiger partial charge in [0.25, 0.3) is 5.88 Å². The normalized spacial score (nSPS) is 21.4. The Bertz CT molecular complexity index is 848. The minimum Gasteiger partial charge on any atom is -0.451 e. The molecule has 0 spiro atoms. The van der Waals surface area contributed by atoms with Gasteiger partial charge < -0.3 is 14.8 Å². The number of fused-ring (bicyclic) bond motifs is 1. The van der Waals surface area contributed by atoms with E-state index in [1.807, 2.05) is 18.2 Å². The molecule has 6 nitrogen and oxygen atoms in total. The van der Waals surface area contributed by atoms with Crippen molar-refractivity contribution < 1.29 is 14.3 Å². The predicted octanol–water partition coefficient (Wildman–Crippen LogP) is 3.29. The van der Waals surface area contributed by atoms with Gasteiger partial charge in [-0.25, -0.2) is 4.98 Å². The standard InChI is InChI=1S/C21H23N3O3/c25-20(23-17-7-5-15(6-8-17)14-3-4-14)18-2-1-11-24(18)12-16-9-10-22-21-19(16)26-13-27-21/h5-10,14,18H,1-4,11-13H2,(H,23,25). The molecule has 0 radical (unpaired) electrons. The number of nitrogens with one attached hydrogen (secondary N) is 1. The first-order chi connectivity index (χ1) is 13.3. The van der Waals surface area contributed by atoms with Crippen molar-refractivity contribution in [3.63, 3.8) is 0 Å². The lowest BCUT2D eigenvalue weighted by atomic mass is 10.1. The zero-order chi connectivity index (χ0) is 18.2. The third-order valence-corrected chi connectivity index (χ3v) is 5.62. The van der Waals surface area contributed by atoms with E-state index < -0.39 is 0 Å². The van der Waals surface area contributed by atoms with Crippen LogP contribution in [0.4, 0.5) is 5.69 Å². The number of amides is 1. The third-order valence-electron chi connectivity index (χ3n) is 5.62. The van der Waals surface area contributed by atoms with Crippen LogP contribution in [0.15, 0.2) is 36.5 Å². The Hall–Kier alpha value is -2.60. The van der Waals surface area contributed by atoms with Crippen molar-refractivity contribution in [3.8, 4) is 11.6 Å². The van der Waals surface area contributed by atoms with Gasteiger partial charge in [-0.1, -0.05) is 12.1 Å². The van der Waals surface area contributed by atoms with Crippen molar-refractivity contribution in [3.05, 3.63) is 47.7 Å². The van der Waals surface area contributed by atoms with Crippen molar-refractivity contribution in [1.82, 2.24) is 9.88 Å². The van der Waals surface area contributed by atoms with Gasteiger partial charge in [-0.15, -0.1) is 0 Å². The lowest BCUT2D eigenvalue weighted by Gasteiger charge is -2.24. The third kappa shape index (κ3) is 3.37. The molecule has 6 heteroatoms. The molecule has 1 saturated carbocycles. The zero-order valence-electron chi connectivity index (χ0n) is 15.2. The van der Waals surface area contributed by atoms with E-state index in [1.54, 1.807) is 6.20 Å². The Labute approximate surface area is 158 Å². The van der Waals surface area contributed by atoms with E-state index in [9.17, 15) is 4.79 Å². The second kappa shape index (κ2) is 6.85. The summed E-state index contributed by atoms with van der Waals surface area (Å²) in [5.74, 6) is 2.05. The average molecular weight is 365 g/mol. The Morgan fingerprint density at radius 3 is 2.81 bits per heavy atom. The number of hydrogen-bond donors (Lipinski definition) is 1. The van der Waals surface area contributed by atoms with Crippen molar-refractivity contribution in [2.45, 2.75) is 44.2 Å². The van der Waals surface area contributed by atoms with Gasteiger partial charge in [0.05, 0.1) is 6.04 Å². The van der Waals surface area contributed by atoms with Gasteiger partial charge in [-0.3, -0.25) is 9.69 Å². The highest BCUT2D eigenvalue weighted by atomic mass is 16.7. The highest BCUT2D eigenvalue weighted by Gasteiger charge is 2.32. The molecule has 1 N–H and O–H groups in total. The summed E-state index contributed by atoms with van der Waals surface area (Å²) in [5, 5.41) is 3.09. The fraction of sp³-hybridized carbons (Fsp3) is 0.429. The summed E-state index contributed by atoms with van der Waals surface area (Å²) in [6, 6.07) is 10.1. The lowest BCUT2D eigenvalue weighted by Crippen LogP contribution is -2.39. The Morgan fingerprint density at radius 2 is 2.00 bits per heavy atom. The maximum Gasteiger partial charge on any atom is 0.260 e. The molecule has 140 valence electrons. The van der Waals surface area contributed by atoms with E-state index in [-0.39, 0.29) is 18.7 Å². The van der Waals surface area contributed by atoms with Crippen molar-refractivity contribution in [2.24, 2.45) is 0 Å². The van der Waals surface area contributed by atoms with Gasteiger partial charge in [0.2, 0.25) is 12.7 Å². The smallest absolute Gasteiger partial charge is 0.260 e. The number of pyridine rings is 1. The van der Waals surface area contributed by atoms with Crippen LogP contribution in [0.3, 0.4) is 0 Å². The van der Waals surface area contributed by atoms with Gasteiger partial charge in [0.15, 0.2) is 5.75 Å². The summed E-state index contributed by atoms with van der Waals surface area (Å²) in [7, 11) is 0. The van der Waals surface area contributed by atoms with Crippen LogP contribution in [-0.4, -0.2) is 35.2 Å². The quantitative estimate of drug-likeness (QED) is 0.881. The molecule has 1 aromatic heterocycles. The molecule has 2 aromatic rings. The monoisotopic (exact) mass is 365 g/mol. The summed E-state index contributed by atoms with van der Waals surface area (Å²) in [6.45, 7) is 1.77. The summed E-state index contributed by atoms with van der Waals surface area (Å²) >= 11 is 0. The number of likely N-dealkylation sites (tertiary alicyclic amines) is 1. The van der Waals surface area contributed by atoms with Gasteiger partial charge in [-0.05, 0) is 61.9 Å². The molecule has 1 aromatic carbocycles. The number of hydrogen-bond acceptors (Lipinski definition) is 5. The van der Waals surface area contributed by atoms with E-state index in [0.29, 0.717) is 18.2 Å². The number of nitrogens with zero attached hydrogens (tertiary/aromatic N) is 2. The molecule has 1 aliphatic carbocycles. The van der Waals surface area contributed by atoms with Gasteiger partial charge in [0, 0.05) is 24.0 Å². The maximum atomic E-state index is 12.9. The first-order valence-electron chi connectivity index (χ1n) is 9.66. The fourth-order valence-corrected chi connectivity index (χ4v) is 4.00. The summed E-state index contributed by atoms with van der Waals surface area (Å²) < 4.78 is 10.9. The zero-order valence-corrected chi connectivity index (χ0v) is 15.2. The number of aromatic nitrogens is 1. The second-order valence-corrected chi connectivity index (χ2v) is 7.52. The van der Waals surface area contributed by atoms with E-state index in [2.05, 4.69) is 27.3 Å². The van der Waals surface area contributed by atoms with Crippen molar-refractivity contribution in [2.75, 3.05) is 18.7 Å². The largest absolute Gasteiger partial charge is 0.451 e. The van der Waals surface area contributed by atoms with Crippen LogP contribution in [0.5, 0.6) is 11.6 Å². The van der Waals surface area contributed by atoms with Gasteiger partial charge in [0.1, 0.15) is 0 Å². The number of benzene rings is 1. The first-order valence-corrected chi connectivity index (χ1v) is 9.66. The fourth-order valence-electron chi connectivity index (χ4n) is 4.00. The maximum absolute atomic E-state index is 12.9. The van der Waals surface area contributed by atoms with Crippen molar-refractivity contribution >= 4 is 11.6 Å². The summed E-state index contributed by atoms with van der Waals surface area (Å²) in [6.07, 6.45) is 6.20. The van der Waals surface area contributed by atoms with Crippen LogP contribution in [0.25, 0.3) is 0 Å². The molecule has 3 heterocycles. The summed E-state index contributed by atoms with van der Waals surface area (Å²) in [5.41, 5.74) is 3.27. The van der Waals surface area contributed by atoms with E-state index in [0.717, 1.165) is 36.6 Å². The van der Waals surface area contributed by atoms with Crippen LogP contribution >= 0.6 is 0 Å². The molecule has 0 bridgehead atoms.